The van der Waals surface area contributed by atoms with Crippen LogP contribution in [0.1, 0.15) is 54.6 Å². The number of piperazine rings is 1. The van der Waals surface area contributed by atoms with Gasteiger partial charge >= 0.3 is 0 Å². The minimum absolute atomic E-state index is 0.0947. The molecule has 0 N–H and O–H groups in total. The van der Waals surface area contributed by atoms with Crippen molar-refractivity contribution in [3.8, 4) is 0 Å². The van der Waals surface area contributed by atoms with Crippen LogP contribution in [-0.4, -0.2) is 87.1 Å². The van der Waals surface area contributed by atoms with E-state index in [0.29, 0.717) is 43.5 Å². The minimum atomic E-state index is -3.66. The highest BCUT2D eigenvalue weighted by molar-refractivity contribution is 7.89. The first kappa shape index (κ1) is 30.0. The van der Waals surface area contributed by atoms with Crippen LogP contribution >= 0.6 is 0 Å². The first-order valence-corrected chi connectivity index (χ1v) is 16.5. The van der Waals surface area contributed by atoms with Gasteiger partial charge in [0.25, 0.3) is 0 Å². The number of Topliss-reactive ketones (excluding diaryl/α,β-unsaturated/α-hetero) is 1. The standard InChI is InChI=1S/C31H38N4O7S/c36-28(22-42-30-10-4-6-18-40-30)26-20-32-31(33-27(26)21-41-29-9-3-5-17-39-29)34-13-15-35(16-14-34)43(37,38)25-12-11-23-7-1-2-8-24(23)19-25/h1-2,7-8,11-12,19-20,29-30H,3-6,9-10,13-18,21-22H2. The van der Waals surface area contributed by atoms with E-state index >= 15 is 0 Å². The second kappa shape index (κ2) is 13.7. The number of hydrogen-bond acceptors (Lipinski definition) is 10. The summed E-state index contributed by atoms with van der Waals surface area (Å²) in [5.74, 6) is 0.189. The van der Waals surface area contributed by atoms with Crippen molar-refractivity contribution in [1.82, 2.24) is 14.3 Å². The van der Waals surface area contributed by atoms with E-state index < -0.39 is 10.0 Å². The van der Waals surface area contributed by atoms with Crippen molar-refractivity contribution in [3.63, 3.8) is 0 Å². The smallest absolute Gasteiger partial charge is 0.243 e. The highest BCUT2D eigenvalue weighted by Gasteiger charge is 2.30. The van der Waals surface area contributed by atoms with Gasteiger partial charge in [-0.2, -0.15) is 4.31 Å². The highest BCUT2D eigenvalue weighted by atomic mass is 32.2. The van der Waals surface area contributed by atoms with E-state index in [0.717, 1.165) is 49.3 Å². The summed E-state index contributed by atoms with van der Waals surface area (Å²) in [7, 11) is -3.66. The van der Waals surface area contributed by atoms with Gasteiger partial charge in [-0.05, 0) is 61.4 Å². The van der Waals surface area contributed by atoms with E-state index in [-0.39, 0.29) is 49.6 Å². The zero-order chi connectivity index (χ0) is 29.6. The average Bonchev–Trinajstić information content (AvgIpc) is 3.07. The number of ether oxygens (including phenoxy) is 4. The summed E-state index contributed by atoms with van der Waals surface area (Å²) in [4.78, 5) is 24.6. The van der Waals surface area contributed by atoms with Crippen LogP contribution < -0.4 is 4.90 Å². The molecule has 43 heavy (non-hydrogen) atoms. The number of ketones is 1. The Hall–Kier alpha value is -3.00. The van der Waals surface area contributed by atoms with Gasteiger partial charge < -0.3 is 23.8 Å². The van der Waals surface area contributed by atoms with Crippen LogP contribution in [0.3, 0.4) is 0 Å². The van der Waals surface area contributed by atoms with E-state index in [4.69, 9.17) is 23.9 Å². The summed E-state index contributed by atoms with van der Waals surface area (Å²) >= 11 is 0. The van der Waals surface area contributed by atoms with Crippen LogP contribution in [0.2, 0.25) is 0 Å². The highest BCUT2D eigenvalue weighted by Crippen LogP contribution is 2.25. The summed E-state index contributed by atoms with van der Waals surface area (Å²) in [5.41, 5.74) is 0.802. The Kier molecular flexibility index (Phi) is 9.61. The summed E-state index contributed by atoms with van der Waals surface area (Å²) in [5, 5.41) is 1.88. The maximum atomic E-state index is 13.4. The molecule has 2 aromatic carbocycles. The van der Waals surface area contributed by atoms with Crippen molar-refractivity contribution in [2.24, 2.45) is 0 Å². The fourth-order valence-electron chi connectivity index (χ4n) is 5.61. The monoisotopic (exact) mass is 610 g/mol. The maximum absolute atomic E-state index is 13.4. The van der Waals surface area contributed by atoms with Crippen LogP contribution in [0.5, 0.6) is 0 Å². The largest absolute Gasteiger partial charge is 0.353 e. The Balaban J connectivity index is 1.14. The molecule has 1 aromatic heterocycles. The number of carbonyl (C=O) groups is 1. The number of rotatable bonds is 10. The van der Waals surface area contributed by atoms with E-state index in [1.807, 2.05) is 35.2 Å². The van der Waals surface area contributed by atoms with Gasteiger partial charge in [0.1, 0.15) is 6.61 Å². The number of hydrogen-bond donors (Lipinski definition) is 0. The van der Waals surface area contributed by atoms with Crippen LogP contribution in [-0.2, 0) is 35.6 Å². The van der Waals surface area contributed by atoms with Gasteiger partial charge in [0.05, 0.1) is 22.8 Å². The van der Waals surface area contributed by atoms with Crippen LogP contribution in [0.15, 0.2) is 53.6 Å². The summed E-state index contributed by atoms with van der Waals surface area (Å²) < 4.78 is 51.4. The molecule has 2 atom stereocenters. The van der Waals surface area contributed by atoms with E-state index in [9.17, 15) is 13.2 Å². The second-order valence-electron chi connectivity index (χ2n) is 11.1. The Bertz CT molecular complexity index is 1520. The summed E-state index contributed by atoms with van der Waals surface area (Å²) in [6.07, 6.45) is 6.38. The molecule has 0 saturated carbocycles. The van der Waals surface area contributed by atoms with Gasteiger partial charge in [-0.15, -0.1) is 0 Å². The summed E-state index contributed by atoms with van der Waals surface area (Å²) in [6, 6.07) is 12.9. The SMILES string of the molecule is O=C(COC1CCCCO1)c1cnc(N2CCN(S(=O)(=O)c3ccc4ccccc4c3)CC2)nc1COC1CCCCO1. The zero-order valence-corrected chi connectivity index (χ0v) is 25.0. The zero-order valence-electron chi connectivity index (χ0n) is 24.2. The molecule has 6 rings (SSSR count). The molecule has 3 saturated heterocycles. The Morgan fingerprint density at radius 2 is 1.58 bits per heavy atom. The molecule has 3 aromatic rings. The lowest BCUT2D eigenvalue weighted by molar-refractivity contribution is -0.169. The van der Waals surface area contributed by atoms with Crippen molar-refractivity contribution in [1.29, 1.82) is 0 Å². The van der Waals surface area contributed by atoms with Crippen LogP contribution in [0.25, 0.3) is 10.8 Å². The number of aromatic nitrogens is 2. The number of benzene rings is 2. The van der Waals surface area contributed by atoms with Crippen molar-refractivity contribution >= 4 is 32.5 Å². The van der Waals surface area contributed by atoms with Gasteiger partial charge in [-0.25, -0.2) is 18.4 Å². The molecule has 11 nitrogen and oxygen atoms in total. The molecular formula is C31H38N4O7S. The molecule has 12 heteroatoms. The van der Waals surface area contributed by atoms with Crippen molar-refractivity contribution in [2.75, 3.05) is 50.9 Å². The normalized spacial score (nSPS) is 22.1. The number of nitrogens with zero attached hydrogens (tertiary/aromatic N) is 4. The topological polar surface area (TPSA) is 120 Å². The molecule has 4 heterocycles. The van der Waals surface area contributed by atoms with Gasteiger partial charge in [-0.3, -0.25) is 4.79 Å². The van der Waals surface area contributed by atoms with Gasteiger partial charge in [0, 0.05) is 45.6 Å². The lowest BCUT2D eigenvalue weighted by Gasteiger charge is -2.34. The Morgan fingerprint density at radius 3 is 2.28 bits per heavy atom. The molecule has 0 spiro atoms. The predicted octanol–water partition coefficient (Wildman–Crippen LogP) is 3.91. The molecule has 0 amide bonds. The van der Waals surface area contributed by atoms with E-state index in [1.54, 1.807) is 12.1 Å². The quantitative estimate of drug-likeness (QED) is 0.313. The number of fused-ring (bicyclic) bond motifs is 1. The summed E-state index contributed by atoms with van der Waals surface area (Å²) in [6.45, 7) is 2.64. The third-order valence-electron chi connectivity index (χ3n) is 8.12. The van der Waals surface area contributed by atoms with Gasteiger partial charge in [0.2, 0.25) is 16.0 Å². The fourth-order valence-corrected chi connectivity index (χ4v) is 7.07. The molecule has 0 aliphatic carbocycles. The Morgan fingerprint density at radius 1 is 0.884 bits per heavy atom. The fraction of sp³-hybridized carbons (Fsp3) is 0.516. The molecule has 230 valence electrons. The number of carbonyl (C=O) groups excluding carboxylic acids is 1. The lowest BCUT2D eigenvalue weighted by Crippen LogP contribution is -2.49. The van der Waals surface area contributed by atoms with Crippen LogP contribution in [0.4, 0.5) is 5.95 Å². The third kappa shape index (κ3) is 7.22. The van der Waals surface area contributed by atoms with E-state index in [2.05, 4.69) is 4.98 Å². The van der Waals surface area contributed by atoms with Crippen molar-refractivity contribution < 1.29 is 32.2 Å². The first-order chi connectivity index (χ1) is 21.0. The predicted molar refractivity (Wildman–Crippen MR) is 159 cm³/mol. The van der Waals surface area contributed by atoms with Crippen molar-refractivity contribution in [2.45, 2.75) is 62.6 Å². The third-order valence-corrected chi connectivity index (χ3v) is 10.0. The maximum Gasteiger partial charge on any atom is 0.243 e. The molecule has 0 bridgehead atoms. The molecule has 0 radical (unpaired) electrons. The Labute approximate surface area is 252 Å². The molecule has 3 aliphatic heterocycles. The number of anilines is 1. The lowest BCUT2D eigenvalue weighted by atomic mass is 10.1. The van der Waals surface area contributed by atoms with E-state index in [1.165, 1.54) is 10.5 Å². The molecule has 3 fully saturated rings. The molecule has 3 aliphatic rings. The van der Waals surface area contributed by atoms with Crippen molar-refractivity contribution in [3.05, 3.63) is 59.9 Å². The van der Waals surface area contributed by atoms with Gasteiger partial charge in [-0.1, -0.05) is 30.3 Å². The minimum Gasteiger partial charge on any atom is -0.353 e. The molecular weight excluding hydrogens is 572 g/mol. The second-order valence-corrected chi connectivity index (χ2v) is 13.0. The number of sulfonamides is 1. The molecule has 2 unspecified atom stereocenters. The van der Waals surface area contributed by atoms with Crippen LogP contribution in [0, 0.1) is 0 Å². The van der Waals surface area contributed by atoms with Gasteiger partial charge in [0.15, 0.2) is 18.4 Å². The average molecular weight is 611 g/mol. The first-order valence-electron chi connectivity index (χ1n) is 15.1.